The Kier molecular flexibility index (Phi) is 8.91. The summed E-state index contributed by atoms with van der Waals surface area (Å²) in [6.45, 7) is 2.72. The first-order chi connectivity index (χ1) is 19.0. The summed E-state index contributed by atoms with van der Waals surface area (Å²) < 4.78 is 18.4. The molecule has 2 heterocycles. The first kappa shape index (κ1) is 27.7. The van der Waals surface area contributed by atoms with Gasteiger partial charge in [0.25, 0.3) is 5.91 Å². The van der Waals surface area contributed by atoms with Gasteiger partial charge in [-0.25, -0.2) is 0 Å². The summed E-state index contributed by atoms with van der Waals surface area (Å²) >= 11 is 3.51. The van der Waals surface area contributed by atoms with Gasteiger partial charge >= 0.3 is 0 Å². The molecule has 0 aromatic heterocycles. The van der Waals surface area contributed by atoms with Crippen LogP contribution in [0.3, 0.4) is 0 Å². The van der Waals surface area contributed by atoms with Crippen LogP contribution in [0.25, 0.3) is 6.08 Å². The predicted octanol–water partition coefficient (Wildman–Crippen LogP) is 6.83. The Morgan fingerprint density at radius 3 is 2.59 bits per heavy atom. The second-order valence-corrected chi connectivity index (χ2v) is 11.7. The third-order valence-corrected chi connectivity index (χ3v) is 8.77. The maximum atomic E-state index is 12.7. The van der Waals surface area contributed by atoms with Gasteiger partial charge in [0.05, 0.1) is 16.3 Å². The monoisotopic (exact) mass is 658 g/mol. The molecule has 1 amide bonds. The Bertz CT molecular complexity index is 1350. The highest BCUT2D eigenvalue weighted by atomic mass is 127. The maximum Gasteiger partial charge on any atom is 0.283 e. The molecule has 8 nitrogen and oxygen atoms in total. The highest BCUT2D eigenvalue weighted by molar-refractivity contribution is 14.1. The van der Waals surface area contributed by atoms with Crippen LogP contribution in [0.5, 0.6) is 17.2 Å². The number of amides is 1. The molecule has 0 radical (unpaired) electrons. The van der Waals surface area contributed by atoms with Gasteiger partial charge in [0, 0.05) is 0 Å². The van der Waals surface area contributed by atoms with Gasteiger partial charge in [0.2, 0.25) is 5.17 Å². The molecule has 0 bridgehead atoms. The van der Waals surface area contributed by atoms with Crippen molar-refractivity contribution in [1.82, 2.24) is 5.01 Å². The summed E-state index contributed by atoms with van der Waals surface area (Å²) in [5.41, 5.74) is 2.29. The normalized spacial score (nSPS) is 18.6. The van der Waals surface area contributed by atoms with Gasteiger partial charge in [-0.3, -0.25) is 10.2 Å². The van der Waals surface area contributed by atoms with Gasteiger partial charge in [0.1, 0.15) is 24.0 Å². The molecule has 2 aromatic rings. The van der Waals surface area contributed by atoms with Crippen LogP contribution in [0.15, 0.2) is 52.1 Å². The summed E-state index contributed by atoms with van der Waals surface area (Å²) in [5, 5.41) is 15.6. The number of nitrogens with zero attached hydrogens (tertiary/aromatic N) is 3. The second kappa shape index (κ2) is 12.5. The second-order valence-electron chi connectivity index (χ2n) is 9.50. The SMILES string of the molecule is CCC1=NN2C(=N)C(=Cc3cc(I)c(OCCOc4ccc(C5CCCCC5)cc4)c(OC)c3)C(=O)N=C2S1. The van der Waals surface area contributed by atoms with E-state index in [4.69, 9.17) is 19.6 Å². The molecule has 1 N–H and O–H groups in total. The fourth-order valence-corrected chi connectivity index (χ4v) is 6.49. The summed E-state index contributed by atoms with van der Waals surface area (Å²) in [7, 11) is 1.58. The Hall–Kier alpha value is -2.86. The molecule has 2 aliphatic heterocycles. The van der Waals surface area contributed by atoms with Crippen LogP contribution in [0.4, 0.5) is 0 Å². The van der Waals surface area contributed by atoms with E-state index in [1.165, 1.54) is 54.4 Å². The smallest absolute Gasteiger partial charge is 0.283 e. The van der Waals surface area contributed by atoms with Crippen molar-refractivity contribution in [3.05, 3.63) is 56.7 Å². The highest BCUT2D eigenvalue weighted by Gasteiger charge is 2.35. The van der Waals surface area contributed by atoms with Crippen molar-refractivity contribution in [3.8, 4) is 17.2 Å². The lowest BCUT2D eigenvalue weighted by Crippen LogP contribution is -2.35. The van der Waals surface area contributed by atoms with E-state index in [0.717, 1.165) is 20.8 Å². The standard InChI is InChI=1S/C29H31IN4O4S/c1-3-25-33-34-27(31)22(28(35)32-29(34)39-25)15-18-16-23(30)26(24(17-18)36-2)38-14-13-37-21-11-9-20(10-12-21)19-7-5-4-6-8-19/h9-12,15-17,19,31H,3-8,13-14H2,1-2H3. The van der Waals surface area contributed by atoms with E-state index >= 15 is 0 Å². The molecule has 1 fully saturated rings. The van der Waals surface area contributed by atoms with Gasteiger partial charge in [0.15, 0.2) is 17.3 Å². The zero-order chi connectivity index (χ0) is 27.4. The Morgan fingerprint density at radius 2 is 1.87 bits per heavy atom. The summed E-state index contributed by atoms with van der Waals surface area (Å²) in [6, 6.07) is 12.1. The first-order valence-electron chi connectivity index (χ1n) is 13.2. The molecule has 2 aromatic carbocycles. The van der Waals surface area contributed by atoms with Crippen LogP contribution >= 0.6 is 34.4 Å². The van der Waals surface area contributed by atoms with Crippen LogP contribution in [0.1, 0.15) is 62.5 Å². The molecule has 5 rings (SSSR count). The van der Waals surface area contributed by atoms with Gasteiger partial charge < -0.3 is 14.2 Å². The Labute approximate surface area is 246 Å². The van der Waals surface area contributed by atoms with Crippen LogP contribution in [-0.4, -0.2) is 47.3 Å². The number of carbonyl (C=O) groups excluding carboxylic acids is 1. The maximum absolute atomic E-state index is 12.7. The highest BCUT2D eigenvalue weighted by Crippen LogP contribution is 2.36. The molecule has 10 heteroatoms. The number of halogens is 1. The number of rotatable bonds is 9. The van der Waals surface area contributed by atoms with Gasteiger partial charge in [-0.2, -0.15) is 15.1 Å². The summed E-state index contributed by atoms with van der Waals surface area (Å²) in [6.07, 6.45) is 8.93. The van der Waals surface area contributed by atoms with Crippen LogP contribution in [0, 0.1) is 8.98 Å². The van der Waals surface area contributed by atoms with E-state index in [1.54, 1.807) is 19.3 Å². The van der Waals surface area contributed by atoms with Crippen molar-refractivity contribution in [2.45, 2.75) is 51.4 Å². The van der Waals surface area contributed by atoms with E-state index in [0.29, 0.717) is 41.4 Å². The minimum absolute atomic E-state index is 0.0131. The van der Waals surface area contributed by atoms with Crippen LogP contribution < -0.4 is 14.2 Å². The van der Waals surface area contributed by atoms with Crippen molar-refractivity contribution < 1.29 is 19.0 Å². The van der Waals surface area contributed by atoms with E-state index in [-0.39, 0.29) is 11.4 Å². The lowest BCUT2D eigenvalue weighted by molar-refractivity contribution is -0.114. The van der Waals surface area contributed by atoms with E-state index in [9.17, 15) is 4.79 Å². The number of hydrazone groups is 1. The zero-order valence-electron chi connectivity index (χ0n) is 22.0. The topological polar surface area (TPSA) is 96.6 Å². The van der Waals surface area contributed by atoms with Gasteiger partial charge in [-0.1, -0.05) is 38.3 Å². The number of thioether (sulfide) groups is 1. The molecule has 0 unspecified atom stereocenters. The lowest BCUT2D eigenvalue weighted by atomic mass is 9.84. The fourth-order valence-electron chi connectivity index (χ4n) is 4.88. The number of fused-ring (bicyclic) bond motifs is 1. The molecular formula is C29H31IN4O4S. The molecule has 1 aliphatic carbocycles. The molecule has 0 saturated heterocycles. The molecule has 204 valence electrons. The third-order valence-electron chi connectivity index (χ3n) is 6.92. The average molecular weight is 659 g/mol. The molecule has 39 heavy (non-hydrogen) atoms. The number of aliphatic imine (C=N–C) groups is 1. The number of hydrogen-bond donors (Lipinski definition) is 1. The zero-order valence-corrected chi connectivity index (χ0v) is 25.0. The summed E-state index contributed by atoms with van der Waals surface area (Å²) in [5.74, 6) is 2.21. The number of benzene rings is 2. The molecule has 3 aliphatic rings. The van der Waals surface area contributed by atoms with Crippen molar-refractivity contribution >= 4 is 62.4 Å². The average Bonchev–Trinajstić information content (AvgIpc) is 3.38. The Balaban J connectivity index is 1.22. The van der Waals surface area contributed by atoms with Crippen molar-refractivity contribution in [3.63, 3.8) is 0 Å². The fraction of sp³-hybridized carbons (Fsp3) is 0.379. The van der Waals surface area contributed by atoms with E-state index in [2.05, 4.69) is 44.8 Å². The van der Waals surface area contributed by atoms with E-state index < -0.39 is 5.91 Å². The number of carbonyl (C=O) groups is 1. The third kappa shape index (κ3) is 6.32. The lowest BCUT2D eigenvalue weighted by Gasteiger charge is -2.22. The first-order valence-corrected chi connectivity index (χ1v) is 15.1. The van der Waals surface area contributed by atoms with Crippen molar-refractivity contribution in [1.29, 1.82) is 5.41 Å². The predicted molar refractivity (Wildman–Crippen MR) is 164 cm³/mol. The minimum Gasteiger partial charge on any atom is -0.493 e. The van der Waals surface area contributed by atoms with Crippen molar-refractivity contribution in [2.75, 3.05) is 20.3 Å². The van der Waals surface area contributed by atoms with Crippen LogP contribution in [-0.2, 0) is 4.79 Å². The van der Waals surface area contributed by atoms with Crippen molar-refractivity contribution in [2.24, 2.45) is 10.1 Å². The molecule has 0 spiro atoms. The number of nitrogens with one attached hydrogen (secondary N) is 1. The molecule has 1 saturated carbocycles. The number of methoxy groups -OCH3 is 1. The Morgan fingerprint density at radius 1 is 1.13 bits per heavy atom. The number of hydrogen-bond acceptors (Lipinski definition) is 7. The summed E-state index contributed by atoms with van der Waals surface area (Å²) in [4.78, 5) is 16.8. The molecular weight excluding hydrogens is 627 g/mol. The van der Waals surface area contributed by atoms with Crippen LogP contribution in [0.2, 0.25) is 0 Å². The van der Waals surface area contributed by atoms with E-state index in [1.807, 2.05) is 25.1 Å². The quantitative estimate of drug-likeness (QED) is 0.180. The number of amidine groups is 2. The molecule has 0 atom stereocenters. The number of ether oxygens (including phenoxy) is 3. The van der Waals surface area contributed by atoms with Gasteiger partial charge in [-0.15, -0.1) is 0 Å². The largest absolute Gasteiger partial charge is 0.493 e. The minimum atomic E-state index is -0.454. The van der Waals surface area contributed by atoms with Gasteiger partial charge in [-0.05, 0) is 101 Å².